The van der Waals surface area contributed by atoms with Gasteiger partial charge < -0.3 is 29.9 Å². The summed E-state index contributed by atoms with van der Waals surface area (Å²) in [6, 6.07) is 4.19. The SMILES string of the molecule is CCNC(=NCc1ccnc(N2CCN(C)CC2)c1)NCCCOCCOC.I. The molecule has 166 valence electrons. The smallest absolute Gasteiger partial charge is 0.191 e. The Morgan fingerprint density at radius 1 is 1.17 bits per heavy atom. The topological polar surface area (TPSA) is 74.3 Å². The highest BCUT2D eigenvalue weighted by Crippen LogP contribution is 2.15. The van der Waals surface area contributed by atoms with Crippen LogP contribution in [-0.4, -0.2) is 89.1 Å². The van der Waals surface area contributed by atoms with Gasteiger partial charge in [0.15, 0.2) is 5.96 Å². The van der Waals surface area contributed by atoms with Crippen molar-refractivity contribution in [2.45, 2.75) is 19.9 Å². The summed E-state index contributed by atoms with van der Waals surface area (Å²) in [6.07, 6.45) is 2.81. The minimum Gasteiger partial charge on any atom is -0.382 e. The van der Waals surface area contributed by atoms with E-state index < -0.39 is 0 Å². The standard InChI is InChI=1S/C20H36N6O2.HI/c1-4-21-20(23-7-5-13-28-15-14-27-3)24-17-18-6-8-22-19(16-18)26-11-9-25(2)10-12-26;/h6,8,16H,4-5,7,9-15,17H2,1-3H3,(H2,21,23,24);1H. The lowest BCUT2D eigenvalue weighted by molar-refractivity contribution is 0.0698. The van der Waals surface area contributed by atoms with Crippen molar-refractivity contribution in [2.24, 2.45) is 4.99 Å². The Morgan fingerprint density at radius 2 is 1.97 bits per heavy atom. The van der Waals surface area contributed by atoms with Gasteiger partial charge in [-0.2, -0.15) is 0 Å². The van der Waals surface area contributed by atoms with Crippen LogP contribution in [0.5, 0.6) is 0 Å². The molecule has 2 heterocycles. The van der Waals surface area contributed by atoms with Crippen LogP contribution in [0.15, 0.2) is 23.3 Å². The molecule has 1 aliphatic rings. The second-order valence-corrected chi connectivity index (χ2v) is 6.89. The zero-order valence-corrected chi connectivity index (χ0v) is 20.4. The average Bonchev–Trinajstić information content (AvgIpc) is 2.72. The van der Waals surface area contributed by atoms with E-state index in [9.17, 15) is 0 Å². The Morgan fingerprint density at radius 3 is 2.69 bits per heavy atom. The van der Waals surface area contributed by atoms with Crippen LogP contribution in [-0.2, 0) is 16.0 Å². The van der Waals surface area contributed by atoms with Crippen LogP contribution in [0.4, 0.5) is 5.82 Å². The number of hydrogen-bond donors (Lipinski definition) is 2. The zero-order chi connectivity index (χ0) is 20.0. The van der Waals surface area contributed by atoms with Gasteiger partial charge in [-0.1, -0.05) is 0 Å². The number of nitrogens with one attached hydrogen (secondary N) is 2. The van der Waals surface area contributed by atoms with E-state index in [4.69, 9.17) is 14.5 Å². The summed E-state index contributed by atoms with van der Waals surface area (Å²) in [7, 11) is 3.85. The molecule has 0 saturated carbocycles. The van der Waals surface area contributed by atoms with Crippen LogP contribution < -0.4 is 15.5 Å². The van der Waals surface area contributed by atoms with E-state index in [1.54, 1.807) is 7.11 Å². The highest BCUT2D eigenvalue weighted by atomic mass is 127. The molecule has 0 spiro atoms. The van der Waals surface area contributed by atoms with Crippen molar-refractivity contribution < 1.29 is 9.47 Å². The minimum absolute atomic E-state index is 0. The van der Waals surface area contributed by atoms with E-state index in [1.165, 1.54) is 5.56 Å². The molecule has 1 aromatic heterocycles. The fraction of sp³-hybridized carbons (Fsp3) is 0.700. The summed E-state index contributed by atoms with van der Waals surface area (Å²) in [5.41, 5.74) is 1.17. The van der Waals surface area contributed by atoms with Crippen molar-refractivity contribution in [1.29, 1.82) is 0 Å². The number of methoxy groups -OCH3 is 1. The highest BCUT2D eigenvalue weighted by molar-refractivity contribution is 14.0. The molecule has 9 heteroatoms. The van der Waals surface area contributed by atoms with Crippen LogP contribution in [0, 0.1) is 0 Å². The first kappa shape index (κ1) is 25.9. The van der Waals surface area contributed by atoms with Crippen molar-refractivity contribution in [2.75, 3.05) is 78.1 Å². The maximum atomic E-state index is 5.48. The van der Waals surface area contributed by atoms with E-state index in [0.29, 0.717) is 26.4 Å². The predicted octanol–water partition coefficient (Wildman–Crippen LogP) is 1.56. The first-order valence-corrected chi connectivity index (χ1v) is 10.2. The van der Waals surface area contributed by atoms with Crippen LogP contribution in [0.2, 0.25) is 0 Å². The number of pyridine rings is 1. The lowest BCUT2D eigenvalue weighted by Gasteiger charge is -2.33. The number of guanidine groups is 1. The number of likely N-dealkylation sites (N-methyl/N-ethyl adjacent to an activating group) is 1. The van der Waals surface area contributed by atoms with Gasteiger partial charge in [-0.05, 0) is 38.1 Å². The molecule has 1 fully saturated rings. The fourth-order valence-corrected chi connectivity index (χ4v) is 2.90. The van der Waals surface area contributed by atoms with Crippen molar-refractivity contribution in [3.63, 3.8) is 0 Å². The molecular weight excluding hydrogens is 483 g/mol. The largest absolute Gasteiger partial charge is 0.382 e. The number of piperazine rings is 1. The molecule has 0 aliphatic carbocycles. The zero-order valence-electron chi connectivity index (χ0n) is 18.0. The number of aliphatic imine (C=N–C) groups is 1. The first-order chi connectivity index (χ1) is 13.7. The third-order valence-corrected chi connectivity index (χ3v) is 4.59. The summed E-state index contributed by atoms with van der Waals surface area (Å²) >= 11 is 0. The van der Waals surface area contributed by atoms with Gasteiger partial charge in [0.1, 0.15) is 5.82 Å². The number of halogens is 1. The van der Waals surface area contributed by atoms with Gasteiger partial charge in [-0.15, -0.1) is 24.0 Å². The average molecular weight is 520 g/mol. The van der Waals surface area contributed by atoms with Gasteiger partial charge in [0, 0.05) is 59.2 Å². The second kappa shape index (κ2) is 15.6. The molecule has 1 aromatic rings. The van der Waals surface area contributed by atoms with Crippen LogP contribution in [0.1, 0.15) is 18.9 Å². The first-order valence-electron chi connectivity index (χ1n) is 10.2. The summed E-state index contributed by atoms with van der Waals surface area (Å²) in [6.45, 7) is 10.5. The van der Waals surface area contributed by atoms with Crippen molar-refractivity contribution in [3.05, 3.63) is 23.9 Å². The molecule has 8 nitrogen and oxygen atoms in total. The van der Waals surface area contributed by atoms with E-state index in [-0.39, 0.29) is 24.0 Å². The molecule has 2 N–H and O–H groups in total. The molecule has 1 saturated heterocycles. The maximum absolute atomic E-state index is 5.48. The van der Waals surface area contributed by atoms with E-state index in [1.807, 2.05) is 12.3 Å². The molecule has 0 atom stereocenters. The van der Waals surface area contributed by atoms with E-state index in [0.717, 1.165) is 57.5 Å². The third kappa shape index (κ3) is 10.4. The lowest BCUT2D eigenvalue weighted by Crippen LogP contribution is -2.44. The molecular formula is C20H37IN6O2. The fourth-order valence-electron chi connectivity index (χ4n) is 2.90. The van der Waals surface area contributed by atoms with Crippen LogP contribution in [0.3, 0.4) is 0 Å². The Kier molecular flexibility index (Phi) is 14.0. The van der Waals surface area contributed by atoms with Crippen molar-refractivity contribution >= 4 is 35.8 Å². The molecule has 0 amide bonds. The minimum atomic E-state index is 0. The lowest BCUT2D eigenvalue weighted by atomic mass is 10.2. The number of anilines is 1. The van der Waals surface area contributed by atoms with E-state index in [2.05, 4.69) is 45.5 Å². The van der Waals surface area contributed by atoms with Crippen molar-refractivity contribution in [3.8, 4) is 0 Å². The number of hydrogen-bond acceptors (Lipinski definition) is 6. The monoisotopic (exact) mass is 520 g/mol. The number of rotatable bonds is 11. The molecule has 0 radical (unpaired) electrons. The maximum Gasteiger partial charge on any atom is 0.191 e. The molecule has 0 unspecified atom stereocenters. The van der Waals surface area contributed by atoms with Crippen LogP contribution >= 0.6 is 24.0 Å². The summed E-state index contributed by atoms with van der Waals surface area (Å²) in [5.74, 6) is 1.88. The number of ether oxygens (including phenoxy) is 2. The Balaban J connectivity index is 0.00000420. The van der Waals surface area contributed by atoms with Gasteiger partial charge >= 0.3 is 0 Å². The Bertz CT molecular complexity index is 582. The van der Waals surface area contributed by atoms with E-state index >= 15 is 0 Å². The number of nitrogens with zero attached hydrogens (tertiary/aromatic N) is 4. The van der Waals surface area contributed by atoms with Gasteiger partial charge in [-0.25, -0.2) is 9.98 Å². The normalized spacial score (nSPS) is 15.1. The molecule has 0 aromatic carbocycles. The van der Waals surface area contributed by atoms with Gasteiger partial charge in [0.2, 0.25) is 0 Å². The second-order valence-electron chi connectivity index (χ2n) is 6.89. The third-order valence-electron chi connectivity index (χ3n) is 4.59. The molecule has 1 aliphatic heterocycles. The van der Waals surface area contributed by atoms with Gasteiger partial charge in [0.05, 0.1) is 19.8 Å². The summed E-state index contributed by atoms with van der Waals surface area (Å²) in [5, 5.41) is 6.65. The molecule has 0 bridgehead atoms. The molecule has 2 rings (SSSR count). The highest BCUT2D eigenvalue weighted by Gasteiger charge is 2.15. The van der Waals surface area contributed by atoms with Gasteiger partial charge in [0.25, 0.3) is 0 Å². The summed E-state index contributed by atoms with van der Waals surface area (Å²) in [4.78, 5) is 14.0. The Labute approximate surface area is 192 Å². The van der Waals surface area contributed by atoms with Gasteiger partial charge in [-0.3, -0.25) is 0 Å². The number of aromatic nitrogens is 1. The predicted molar refractivity (Wildman–Crippen MR) is 129 cm³/mol. The van der Waals surface area contributed by atoms with Crippen LogP contribution in [0.25, 0.3) is 0 Å². The van der Waals surface area contributed by atoms with Crippen molar-refractivity contribution in [1.82, 2.24) is 20.5 Å². The molecule has 29 heavy (non-hydrogen) atoms. The Hall–Kier alpha value is -1.17. The quantitative estimate of drug-likeness (QED) is 0.199. The summed E-state index contributed by atoms with van der Waals surface area (Å²) < 4.78 is 10.4.